The molecule has 0 N–H and O–H groups in total. The number of Topliss-reactive ketones (excluding diaryl/α,β-unsaturated/α-hetero) is 2. The molecule has 71 valence electrons. The van der Waals surface area contributed by atoms with Gasteiger partial charge < -0.3 is 9.47 Å². The van der Waals surface area contributed by atoms with E-state index in [1.165, 1.54) is 6.92 Å². The van der Waals surface area contributed by atoms with Crippen LogP contribution in [0.15, 0.2) is 0 Å². The third-order valence-electron chi connectivity index (χ3n) is 1.63. The van der Waals surface area contributed by atoms with Gasteiger partial charge in [0.05, 0.1) is 0 Å². The quantitative estimate of drug-likeness (QED) is 0.466. The van der Waals surface area contributed by atoms with Crippen molar-refractivity contribution in [2.24, 2.45) is 0 Å². The first kappa shape index (κ1) is 9.70. The lowest BCUT2D eigenvalue weighted by molar-refractivity contribution is -0.134. The molecule has 13 heavy (non-hydrogen) atoms. The summed E-state index contributed by atoms with van der Waals surface area (Å²) in [5.74, 6) is -0.726. The summed E-state index contributed by atoms with van der Waals surface area (Å²) in [4.78, 5) is 32.6. The van der Waals surface area contributed by atoms with Gasteiger partial charge >= 0.3 is 6.16 Å². The Morgan fingerprint density at radius 1 is 1.38 bits per heavy atom. The Hall–Kier alpha value is -1.39. The van der Waals surface area contributed by atoms with Crippen LogP contribution in [-0.2, 0) is 19.1 Å². The Morgan fingerprint density at radius 2 is 1.92 bits per heavy atom. The molecule has 0 aromatic carbocycles. The SMILES string of the molecule is C[CH]OC(=O)OC1C(=O)CCC1=O. The molecule has 0 bridgehead atoms. The molecular formula is C8H9O5. The van der Waals surface area contributed by atoms with E-state index >= 15 is 0 Å². The predicted octanol–water partition coefficient (Wildman–Crippen LogP) is 0.622. The van der Waals surface area contributed by atoms with Crippen molar-refractivity contribution in [2.75, 3.05) is 0 Å². The minimum Gasteiger partial charge on any atom is -0.427 e. The Balaban J connectivity index is 2.48. The van der Waals surface area contributed by atoms with Crippen molar-refractivity contribution in [1.29, 1.82) is 0 Å². The van der Waals surface area contributed by atoms with E-state index in [0.717, 1.165) is 6.61 Å². The number of ether oxygens (including phenoxy) is 2. The van der Waals surface area contributed by atoms with Gasteiger partial charge in [0.2, 0.25) is 6.10 Å². The highest BCUT2D eigenvalue weighted by atomic mass is 16.7. The Bertz CT molecular complexity index is 229. The summed E-state index contributed by atoms with van der Waals surface area (Å²) in [5.41, 5.74) is 0. The van der Waals surface area contributed by atoms with Crippen LogP contribution in [0, 0.1) is 6.61 Å². The van der Waals surface area contributed by atoms with E-state index < -0.39 is 12.3 Å². The second-order valence-corrected chi connectivity index (χ2v) is 2.53. The molecule has 5 heteroatoms. The van der Waals surface area contributed by atoms with Crippen molar-refractivity contribution in [3.05, 3.63) is 6.61 Å². The van der Waals surface area contributed by atoms with Crippen LogP contribution >= 0.6 is 0 Å². The Morgan fingerprint density at radius 3 is 2.38 bits per heavy atom. The minimum atomic E-state index is -1.24. The first-order chi connectivity index (χ1) is 6.15. The van der Waals surface area contributed by atoms with Crippen LogP contribution in [0.2, 0.25) is 0 Å². The van der Waals surface area contributed by atoms with Crippen molar-refractivity contribution in [3.63, 3.8) is 0 Å². The molecule has 5 nitrogen and oxygen atoms in total. The molecular weight excluding hydrogens is 176 g/mol. The molecule has 0 saturated heterocycles. The van der Waals surface area contributed by atoms with Crippen molar-refractivity contribution in [1.82, 2.24) is 0 Å². The Labute approximate surface area is 75.0 Å². The minimum absolute atomic E-state index is 0.145. The zero-order chi connectivity index (χ0) is 9.84. The van der Waals surface area contributed by atoms with Gasteiger partial charge in [0, 0.05) is 12.8 Å². The molecule has 1 aliphatic carbocycles. The number of ketones is 2. The van der Waals surface area contributed by atoms with Crippen LogP contribution in [0.3, 0.4) is 0 Å². The van der Waals surface area contributed by atoms with Gasteiger partial charge in [-0.15, -0.1) is 0 Å². The number of carbonyl (C=O) groups excluding carboxylic acids is 3. The van der Waals surface area contributed by atoms with E-state index in [1.54, 1.807) is 0 Å². The van der Waals surface area contributed by atoms with Crippen molar-refractivity contribution >= 4 is 17.7 Å². The first-order valence-electron chi connectivity index (χ1n) is 3.85. The van der Waals surface area contributed by atoms with Gasteiger partial charge in [0.1, 0.15) is 6.61 Å². The second-order valence-electron chi connectivity index (χ2n) is 2.53. The van der Waals surface area contributed by atoms with Crippen LogP contribution in [0.1, 0.15) is 19.8 Å². The highest BCUT2D eigenvalue weighted by molar-refractivity contribution is 6.12. The highest BCUT2D eigenvalue weighted by Gasteiger charge is 2.36. The molecule has 1 saturated carbocycles. The van der Waals surface area contributed by atoms with E-state index in [9.17, 15) is 14.4 Å². The zero-order valence-electron chi connectivity index (χ0n) is 7.11. The first-order valence-corrected chi connectivity index (χ1v) is 3.85. The monoisotopic (exact) mass is 185 g/mol. The largest absolute Gasteiger partial charge is 0.509 e. The fourth-order valence-electron chi connectivity index (χ4n) is 1.04. The van der Waals surface area contributed by atoms with Gasteiger partial charge in [-0.1, -0.05) is 0 Å². The second kappa shape index (κ2) is 4.02. The standard InChI is InChI=1S/C8H9O5/c1-2-12-8(11)13-7-5(9)3-4-6(7)10/h2,7H,3-4H2,1H3. The van der Waals surface area contributed by atoms with E-state index in [1.807, 2.05) is 0 Å². The summed E-state index contributed by atoms with van der Waals surface area (Å²) < 4.78 is 8.79. The highest BCUT2D eigenvalue weighted by Crippen LogP contribution is 2.14. The fraction of sp³-hybridized carbons (Fsp3) is 0.500. The molecule has 0 spiro atoms. The molecule has 0 amide bonds. The molecule has 1 aliphatic rings. The lowest BCUT2D eigenvalue weighted by Crippen LogP contribution is -2.28. The number of rotatable bonds is 2. The van der Waals surface area contributed by atoms with Crippen molar-refractivity contribution in [2.45, 2.75) is 25.9 Å². The van der Waals surface area contributed by atoms with Gasteiger partial charge in [0.15, 0.2) is 11.6 Å². The molecule has 0 aliphatic heterocycles. The molecule has 1 rings (SSSR count). The van der Waals surface area contributed by atoms with Crippen LogP contribution in [0.25, 0.3) is 0 Å². The molecule has 0 aromatic heterocycles. The third-order valence-corrected chi connectivity index (χ3v) is 1.63. The normalized spacial score (nSPS) is 17.6. The van der Waals surface area contributed by atoms with Crippen LogP contribution in [-0.4, -0.2) is 23.8 Å². The summed E-state index contributed by atoms with van der Waals surface area (Å²) >= 11 is 0. The third kappa shape index (κ3) is 2.27. The Kier molecular flexibility index (Phi) is 3.00. The summed E-state index contributed by atoms with van der Waals surface area (Å²) in [6, 6.07) is 0. The van der Waals surface area contributed by atoms with Crippen LogP contribution in [0.4, 0.5) is 4.79 Å². The summed E-state index contributed by atoms with van der Waals surface area (Å²) in [7, 11) is 0. The molecule has 0 unspecified atom stereocenters. The van der Waals surface area contributed by atoms with Gasteiger partial charge in [-0.2, -0.15) is 0 Å². The van der Waals surface area contributed by atoms with E-state index in [0.29, 0.717) is 0 Å². The van der Waals surface area contributed by atoms with Gasteiger partial charge in [-0.25, -0.2) is 4.79 Å². The van der Waals surface area contributed by atoms with Gasteiger partial charge in [-0.3, -0.25) is 9.59 Å². The maximum atomic E-state index is 11.0. The maximum Gasteiger partial charge on any atom is 0.509 e. The topological polar surface area (TPSA) is 69.7 Å². The summed E-state index contributed by atoms with van der Waals surface area (Å²) in [5, 5.41) is 0. The average molecular weight is 185 g/mol. The lowest BCUT2D eigenvalue weighted by Gasteiger charge is -2.07. The van der Waals surface area contributed by atoms with Crippen molar-refractivity contribution < 1.29 is 23.9 Å². The van der Waals surface area contributed by atoms with E-state index in [-0.39, 0.29) is 24.4 Å². The van der Waals surface area contributed by atoms with E-state index in [4.69, 9.17) is 0 Å². The zero-order valence-corrected chi connectivity index (χ0v) is 7.11. The van der Waals surface area contributed by atoms with E-state index in [2.05, 4.69) is 9.47 Å². The number of hydrogen-bond donors (Lipinski definition) is 0. The molecule has 0 atom stereocenters. The fourth-order valence-corrected chi connectivity index (χ4v) is 1.04. The number of hydrogen-bond acceptors (Lipinski definition) is 5. The van der Waals surface area contributed by atoms with Crippen LogP contribution < -0.4 is 0 Å². The van der Waals surface area contributed by atoms with Crippen molar-refractivity contribution in [3.8, 4) is 0 Å². The molecule has 0 heterocycles. The molecule has 1 radical (unpaired) electrons. The predicted molar refractivity (Wildman–Crippen MR) is 40.6 cm³/mol. The van der Waals surface area contributed by atoms with Gasteiger partial charge in [0.25, 0.3) is 0 Å². The lowest BCUT2D eigenvalue weighted by atomic mass is 10.3. The summed E-state index contributed by atoms with van der Waals surface area (Å²) in [6.45, 7) is 2.60. The maximum absolute atomic E-state index is 11.0. The number of carbonyl (C=O) groups is 3. The molecule has 1 fully saturated rings. The van der Waals surface area contributed by atoms with Crippen LogP contribution in [0.5, 0.6) is 0 Å². The molecule has 0 aromatic rings. The summed E-state index contributed by atoms with van der Waals surface area (Å²) in [6.07, 6.45) is -1.97. The average Bonchev–Trinajstić information content (AvgIpc) is 2.36. The van der Waals surface area contributed by atoms with Gasteiger partial charge in [-0.05, 0) is 6.92 Å². The smallest absolute Gasteiger partial charge is 0.427 e.